The van der Waals surface area contributed by atoms with Gasteiger partial charge in [-0.05, 0) is 13.0 Å². The lowest BCUT2D eigenvalue weighted by atomic mass is 10.2. The minimum atomic E-state index is -0.0359. The van der Waals surface area contributed by atoms with Crippen molar-refractivity contribution in [3.8, 4) is 0 Å². The summed E-state index contributed by atoms with van der Waals surface area (Å²) in [5.41, 5.74) is 6.22. The van der Waals surface area contributed by atoms with Crippen molar-refractivity contribution in [1.82, 2.24) is 0 Å². The molecular formula is C10H13NO. The van der Waals surface area contributed by atoms with Crippen molar-refractivity contribution in [3.63, 3.8) is 0 Å². The number of Topliss-reactive ketones (excluding diaryl/α,β-unsaturated/α-hetero) is 1. The van der Waals surface area contributed by atoms with Crippen LogP contribution in [0.3, 0.4) is 0 Å². The van der Waals surface area contributed by atoms with Crippen molar-refractivity contribution in [1.29, 1.82) is 0 Å². The third kappa shape index (κ3) is 5.23. The molecule has 0 aromatic rings. The van der Waals surface area contributed by atoms with Crippen LogP contribution in [0.2, 0.25) is 0 Å². The van der Waals surface area contributed by atoms with E-state index in [9.17, 15) is 4.79 Å². The molecule has 0 radical (unpaired) electrons. The van der Waals surface area contributed by atoms with Crippen LogP contribution >= 0.6 is 0 Å². The van der Waals surface area contributed by atoms with E-state index in [-0.39, 0.29) is 5.78 Å². The molecule has 0 spiro atoms. The van der Waals surface area contributed by atoms with Crippen molar-refractivity contribution in [2.24, 2.45) is 5.73 Å². The highest BCUT2D eigenvalue weighted by molar-refractivity contribution is 5.95. The molecule has 0 saturated heterocycles. The van der Waals surface area contributed by atoms with Gasteiger partial charge in [-0.1, -0.05) is 31.4 Å². The van der Waals surface area contributed by atoms with Crippen molar-refractivity contribution in [3.05, 3.63) is 48.7 Å². The molecule has 0 unspecified atom stereocenters. The van der Waals surface area contributed by atoms with E-state index >= 15 is 0 Å². The first kappa shape index (κ1) is 10.4. The fraction of sp³-hybridized carbons (Fsp3) is 0.100. The van der Waals surface area contributed by atoms with Crippen molar-refractivity contribution < 1.29 is 4.79 Å². The molecule has 0 rings (SSSR count). The van der Waals surface area contributed by atoms with Crippen LogP contribution in [0.1, 0.15) is 6.92 Å². The SMILES string of the molecule is C=C(N)/C=C\C=C/C(=C)C(C)=O. The van der Waals surface area contributed by atoms with Crippen LogP contribution in [0.4, 0.5) is 0 Å². The van der Waals surface area contributed by atoms with E-state index in [1.165, 1.54) is 6.92 Å². The highest BCUT2D eigenvalue weighted by Gasteiger charge is 1.91. The predicted molar refractivity (Wildman–Crippen MR) is 51.4 cm³/mol. The highest BCUT2D eigenvalue weighted by Crippen LogP contribution is 1.94. The molecule has 0 saturated carbocycles. The minimum absolute atomic E-state index is 0.0359. The molecule has 0 bridgehead atoms. The number of ketones is 1. The van der Waals surface area contributed by atoms with Crippen LogP contribution in [0.25, 0.3) is 0 Å². The van der Waals surface area contributed by atoms with Crippen LogP contribution in [0.15, 0.2) is 48.7 Å². The van der Waals surface area contributed by atoms with Gasteiger partial charge >= 0.3 is 0 Å². The lowest BCUT2D eigenvalue weighted by Gasteiger charge is -1.88. The largest absolute Gasteiger partial charge is 0.399 e. The highest BCUT2D eigenvalue weighted by atomic mass is 16.1. The zero-order valence-electron chi connectivity index (χ0n) is 7.21. The van der Waals surface area contributed by atoms with Gasteiger partial charge in [0, 0.05) is 11.3 Å². The summed E-state index contributed by atoms with van der Waals surface area (Å²) in [6, 6.07) is 0. The summed E-state index contributed by atoms with van der Waals surface area (Å²) in [5.74, 6) is -0.0359. The van der Waals surface area contributed by atoms with Gasteiger partial charge in [0.2, 0.25) is 0 Å². The van der Waals surface area contributed by atoms with Gasteiger partial charge in [-0.25, -0.2) is 0 Å². The van der Waals surface area contributed by atoms with Crippen LogP contribution in [-0.2, 0) is 4.79 Å². The number of hydrogen-bond donors (Lipinski definition) is 1. The Kier molecular flexibility index (Phi) is 4.46. The zero-order chi connectivity index (χ0) is 9.56. The number of rotatable bonds is 4. The molecule has 0 aromatic carbocycles. The third-order valence-electron chi connectivity index (χ3n) is 1.17. The number of allylic oxidation sites excluding steroid dienone is 5. The maximum absolute atomic E-state index is 10.7. The monoisotopic (exact) mass is 163 g/mol. The molecule has 64 valence electrons. The Hall–Kier alpha value is -1.57. The molecule has 0 aromatic heterocycles. The van der Waals surface area contributed by atoms with Gasteiger partial charge < -0.3 is 5.73 Å². The Balaban J connectivity index is 4.01. The number of nitrogens with two attached hydrogens (primary N) is 1. The molecule has 0 atom stereocenters. The van der Waals surface area contributed by atoms with Gasteiger partial charge in [0.1, 0.15) is 0 Å². The smallest absolute Gasteiger partial charge is 0.159 e. The second kappa shape index (κ2) is 5.13. The molecular weight excluding hydrogens is 150 g/mol. The van der Waals surface area contributed by atoms with E-state index in [0.29, 0.717) is 11.3 Å². The van der Waals surface area contributed by atoms with Gasteiger partial charge in [-0.15, -0.1) is 0 Å². The Bertz CT molecular complexity index is 259. The average molecular weight is 163 g/mol. The van der Waals surface area contributed by atoms with Crippen molar-refractivity contribution >= 4 is 5.78 Å². The first-order chi connectivity index (χ1) is 5.54. The molecule has 0 heterocycles. The second-order valence-electron chi connectivity index (χ2n) is 2.37. The topological polar surface area (TPSA) is 43.1 Å². The first-order valence-electron chi connectivity index (χ1n) is 3.53. The number of carbonyl (C=O) groups excluding carboxylic acids is 1. The normalized spacial score (nSPS) is 10.8. The summed E-state index contributed by atoms with van der Waals surface area (Å²) in [6.07, 6.45) is 6.67. The van der Waals surface area contributed by atoms with Gasteiger partial charge in [0.15, 0.2) is 5.78 Å². The molecule has 2 heteroatoms. The van der Waals surface area contributed by atoms with Crippen LogP contribution in [0, 0.1) is 0 Å². The predicted octanol–water partition coefficient (Wildman–Crippen LogP) is 1.72. The van der Waals surface area contributed by atoms with Crippen LogP contribution < -0.4 is 5.73 Å². The zero-order valence-corrected chi connectivity index (χ0v) is 7.21. The Morgan fingerprint density at radius 1 is 1.25 bits per heavy atom. The van der Waals surface area contributed by atoms with Gasteiger partial charge in [0.25, 0.3) is 0 Å². The number of carbonyl (C=O) groups is 1. The summed E-state index contributed by atoms with van der Waals surface area (Å²) in [4.78, 5) is 10.7. The standard InChI is InChI=1S/C10H13NO/c1-8(10(3)12)6-4-5-7-9(2)11/h4-7H,1-2,11H2,3H3/b6-4-,7-5-. The van der Waals surface area contributed by atoms with Crippen LogP contribution in [0.5, 0.6) is 0 Å². The van der Waals surface area contributed by atoms with Crippen molar-refractivity contribution in [2.45, 2.75) is 6.92 Å². The van der Waals surface area contributed by atoms with E-state index in [2.05, 4.69) is 13.2 Å². The van der Waals surface area contributed by atoms with Gasteiger partial charge in [-0.2, -0.15) is 0 Å². The maximum atomic E-state index is 10.7. The lowest BCUT2D eigenvalue weighted by Crippen LogP contribution is -1.89. The quantitative estimate of drug-likeness (QED) is 0.506. The lowest BCUT2D eigenvalue weighted by molar-refractivity contribution is -0.113. The molecule has 0 aliphatic heterocycles. The molecule has 0 amide bonds. The molecule has 2 N–H and O–H groups in total. The Labute approximate surface area is 72.8 Å². The summed E-state index contributed by atoms with van der Waals surface area (Å²) < 4.78 is 0. The summed E-state index contributed by atoms with van der Waals surface area (Å²) in [6.45, 7) is 8.49. The molecule has 0 aliphatic rings. The maximum Gasteiger partial charge on any atom is 0.159 e. The molecule has 0 fully saturated rings. The fourth-order valence-electron chi connectivity index (χ4n) is 0.468. The first-order valence-corrected chi connectivity index (χ1v) is 3.53. The molecule has 12 heavy (non-hydrogen) atoms. The van der Waals surface area contributed by atoms with Gasteiger partial charge in [0.05, 0.1) is 0 Å². The summed E-state index contributed by atoms with van der Waals surface area (Å²) in [7, 11) is 0. The van der Waals surface area contributed by atoms with E-state index in [1.807, 2.05) is 0 Å². The van der Waals surface area contributed by atoms with E-state index in [1.54, 1.807) is 24.3 Å². The van der Waals surface area contributed by atoms with E-state index in [4.69, 9.17) is 5.73 Å². The van der Waals surface area contributed by atoms with Crippen molar-refractivity contribution in [2.75, 3.05) is 0 Å². The summed E-state index contributed by atoms with van der Waals surface area (Å²) >= 11 is 0. The Morgan fingerprint density at radius 3 is 2.17 bits per heavy atom. The third-order valence-corrected chi connectivity index (χ3v) is 1.17. The molecule has 0 aliphatic carbocycles. The fourth-order valence-corrected chi connectivity index (χ4v) is 0.468. The average Bonchev–Trinajstić information content (AvgIpc) is 1.97. The number of hydrogen-bond acceptors (Lipinski definition) is 2. The Morgan fingerprint density at radius 2 is 1.75 bits per heavy atom. The van der Waals surface area contributed by atoms with E-state index in [0.717, 1.165) is 0 Å². The van der Waals surface area contributed by atoms with Gasteiger partial charge in [-0.3, -0.25) is 4.79 Å². The molecule has 2 nitrogen and oxygen atoms in total. The van der Waals surface area contributed by atoms with Crippen LogP contribution in [-0.4, -0.2) is 5.78 Å². The second-order valence-corrected chi connectivity index (χ2v) is 2.37. The van der Waals surface area contributed by atoms with E-state index < -0.39 is 0 Å². The minimum Gasteiger partial charge on any atom is -0.399 e. The summed E-state index contributed by atoms with van der Waals surface area (Å²) in [5, 5.41) is 0.